The first kappa shape index (κ1) is 17.7. The normalized spacial score (nSPS) is 24.8. The zero-order chi connectivity index (χ0) is 17.2. The van der Waals surface area contributed by atoms with Crippen molar-refractivity contribution in [3.05, 3.63) is 29.8 Å². The molecule has 1 unspecified atom stereocenters. The summed E-state index contributed by atoms with van der Waals surface area (Å²) in [6.45, 7) is 6.01. The van der Waals surface area contributed by atoms with Gasteiger partial charge in [0.1, 0.15) is 0 Å². The molecule has 2 saturated heterocycles. The van der Waals surface area contributed by atoms with Crippen LogP contribution in [0.4, 0.5) is 5.69 Å². The Balaban J connectivity index is 1.59. The standard InChI is InChI=1S/C18H29N3O2S/c1-15-7-3-4-9-18(15)19-17-10-13-20(14-11-17)24(22,23)21-12-6-5-8-16(21)2/h3-4,7,9,16-17,19H,5-6,8,10-14H2,1-2H3. The van der Waals surface area contributed by atoms with E-state index >= 15 is 0 Å². The minimum absolute atomic E-state index is 0.131. The summed E-state index contributed by atoms with van der Waals surface area (Å²) in [6.07, 6.45) is 4.81. The van der Waals surface area contributed by atoms with Crippen LogP contribution in [0.3, 0.4) is 0 Å². The lowest BCUT2D eigenvalue weighted by atomic mass is 10.1. The van der Waals surface area contributed by atoms with Crippen LogP contribution in [0.5, 0.6) is 0 Å². The molecule has 2 aliphatic rings. The first-order valence-corrected chi connectivity index (χ1v) is 10.5. The van der Waals surface area contributed by atoms with Crippen LogP contribution < -0.4 is 5.32 Å². The number of aryl methyl sites for hydroxylation is 1. The zero-order valence-electron chi connectivity index (χ0n) is 14.7. The highest BCUT2D eigenvalue weighted by Crippen LogP contribution is 2.26. The molecule has 2 aliphatic heterocycles. The highest BCUT2D eigenvalue weighted by molar-refractivity contribution is 7.86. The number of hydrogen-bond acceptors (Lipinski definition) is 3. The van der Waals surface area contributed by atoms with Gasteiger partial charge in [-0.2, -0.15) is 17.0 Å². The van der Waals surface area contributed by atoms with Crippen molar-refractivity contribution in [1.29, 1.82) is 0 Å². The monoisotopic (exact) mass is 351 g/mol. The molecular weight excluding hydrogens is 322 g/mol. The quantitative estimate of drug-likeness (QED) is 0.907. The third-order valence-corrected chi connectivity index (χ3v) is 7.48. The number of nitrogens with one attached hydrogen (secondary N) is 1. The third kappa shape index (κ3) is 3.76. The van der Waals surface area contributed by atoms with Crippen LogP contribution in [0, 0.1) is 6.92 Å². The largest absolute Gasteiger partial charge is 0.382 e. The molecule has 0 aromatic heterocycles. The van der Waals surface area contributed by atoms with Crippen molar-refractivity contribution >= 4 is 15.9 Å². The van der Waals surface area contributed by atoms with Crippen molar-refractivity contribution in [3.8, 4) is 0 Å². The fourth-order valence-electron chi connectivity index (χ4n) is 3.75. The maximum Gasteiger partial charge on any atom is 0.282 e. The molecule has 0 radical (unpaired) electrons. The Morgan fingerprint density at radius 3 is 2.42 bits per heavy atom. The van der Waals surface area contributed by atoms with Gasteiger partial charge in [0.25, 0.3) is 10.2 Å². The molecule has 0 spiro atoms. The summed E-state index contributed by atoms with van der Waals surface area (Å²) in [5.74, 6) is 0. The van der Waals surface area contributed by atoms with Crippen LogP contribution in [0.25, 0.3) is 0 Å². The lowest BCUT2D eigenvalue weighted by molar-refractivity contribution is 0.232. The zero-order valence-corrected chi connectivity index (χ0v) is 15.6. The molecule has 0 amide bonds. The minimum atomic E-state index is -3.30. The second-order valence-electron chi connectivity index (χ2n) is 7.10. The van der Waals surface area contributed by atoms with E-state index < -0.39 is 10.2 Å². The van der Waals surface area contributed by atoms with Gasteiger partial charge in [-0.1, -0.05) is 24.6 Å². The van der Waals surface area contributed by atoms with Crippen molar-refractivity contribution in [2.75, 3.05) is 25.0 Å². The fourth-order valence-corrected chi connectivity index (χ4v) is 5.64. The van der Waals surface area contributed by atoms with Gasteiger partial charge in [-0.25, -0.2) is 0 Å². The van der Waals surface area contributed by atoms with Crippen molar-refractivity contribution in [2.45, 2.75) is 58.0 Å². The molecule has 2 fully saturated rings. The van der Waals surface area contributed by atoms with Gasteiger partial charge >= 0.3 is 0 Å². The first-order chi connectivity index (χ1) is 11.5. The number of piperidine rings is 2. The number of anilines is 1. The van der Waals surface area contributed by atoms with Crippen molar-refractivity contribution in [1.82, 2.24) is 8.61 Å². The molecule has 1 aromatic carbocycles. The summed E-state index contributed by atoms with van der Waals surface area (Å²) in [7, 11) is -3.30. The van der Waals surface area contributed by atoms with E-state index in [0.717, 1.165) is 37.8 Å². The molecule has 24 heavy (non-hydrogen) atoms. The van der Waals surface area contributed by atoms with Crippen LogP contribution >= 0.6 is 0 Å². The van der Waals surface area contributed by atoms with E-state index in [1.54, 1.807) is 8.61 Å². The van der Waals surface area contributed by atoms with Crippen molar-refractivity contribution in [2.24, 2.45) is 0 Å². The van der Waals surface area contributed by atoms with Gasteiger partial charge in [-0.05, 0) is 51.2 Å². The molecule has 0 bridgehead atoms. The number of para-hydroxylation sites is 1. The first-order valence-electron chi connectivity index (χ1n) is 9.07. The van der Waals surface area contributed by atoms with Gasteiger partial charge < -0.3 is 5.32 Å². The van der Waals surface area contributed by atoms with Crippen molar-refractivity contribution < 1.29 is 8.42 Å². The Hall–Kier alpha value is -1.11. The number of benzene rings is 1. The van der Waals surface area contributed by atoms with E-state index in [2.05, 4.69) is 24.4 Å². The second kappa shape index (κ2) is 7.42. The van der Waals surface area contributed by atoms with Gasteiger partial charge in [-0.15, -0.1) is 0 Å². The average molecular weight is 352 g/mol. The number of nitrogens with zero attached hydrogens (tertiary/aromatic N) is 2. The Bertz CT molecular complexity index is 654. The maximum absolute atomic E-state index is 12.9. The third-order valence-electron chi connectivity index (χ3n) is 5.32. The minimum Gasteiger partial charge on any atom is -0.382 e. The number of hydrogen-bond donors (Lipinski definition) is 1. The van der Waals surface area contributed by atoms with Gasteiger partial charge in [-0.3, -0.25) is 0 Å². The molecule has 5 nitrogen and oxygen atoms in total. The Labute approximate surface area is 146 Å². The highest BCUT2D eigenvalue weighted by atomic mass is 32.2. The Morgan fingerprint density at radius 2 is 1.75 bits per heavy atom. The molecule has 1 aromatic rings. The fraction of sp³-hybridized carbons (Fsp3) is 0.667. The van der Waals surface area contributed by atoms with Crippen molar-refractivity contribution in [3.63, 3.8) is 0 Å². The molecule has 0 saturated carbocycles. The van der Waals surface area contributed by atoms with Gasteiger partial charge in [0.05, 0.1) is 0 Å². The molecule has 6 heteroatoms. The Morgan fingerprint density at radius 1 is 1.04 bits per heavy atom. The van der Waals surface area contributed by atoms with E-state index in [-0.39, 0.29) is 6.04 Å². The van der Waals surface area contributed by atoms with E-state index in [4.69, 9.17) is 0 Å². The van der Waals surface area contributed by atoms with E-state index in [9.17, 15) is 8.42 Å². The SMILES string of the molecule is Cc1ccccc1NC1CCN(S(=O)(=O)N2CCCCC2C)CC1. The van der Waals surface area contributed by atoms with Crippen LogP contribution in [-0.4, -0.2) is 48.7 Å². The van der Waals surface area contributed by atoms with Crippen LogP contribution in [0.1, 0.15) is 44.6 Å². The molecule has 1 atom stereocenters. The predicted molar refractivity (Wildman–Crippen MR) is 98.3 cm³/mol. The molecule has 2 heterocycles. The molecule has 0 aliphatic carbocycles. The lowest BCUT2D eigenvalue weighted by Gasteiger charge is -2.39. The van der Waals surface area contributed by atoms with Crippen LogP contribution in [0.2, 0.25) is 0 Å². The van der Waals surface area contributed by atoms with E-state index in [1.165, 1.54) is 5.56 Å². The highest BCUT2D eigenvalue weighted by Gasteiger charge is 2.36. The van der Waals surface area contributed by atoms with Gasteiger partial charge in [0.15, 0.2) is 0 Å². The molecule has 1 N–H and O–H groups in total. The lowest BCUT2D eigenvalue weighted by Crippen LogP contribution is -2.52. The number of rotatable bonds is 4. The molecule has 3 rings (SSSR count). The average Bonchev–Trinajstić information content (AvgIpc) is 2.58. The summed E-state index contributed by atoms with van der Waals surface area (Å²) < 4.78 is 29.2. The van der Waals surface area contributed by atoms with E-state index in [1.807, 2.05) is 19.1 Å². The van der Waals surface area contributed by atoms with Crippen LogP contribution in [0.15, 0.2) is 24.3 Å². The predicted octanol–water partition coefficient (Wildman–Crippen LogP) is 2.99. The van der Waals surface area contributed by atoms with Crippen LogP contribution in [-0.2, 0) is 10.2 Å². The molecule has 134 valence electrons. The summed E-state index contributed by atoms with van der Waals surface area (Å²) in [5, 5.41) is 3.57. The summed E-state index contributed by atoms with van der Waals surface area (Å²) in [6, 6.07) is 8.73. The summed E-state index contributed by atoms with van der Waals surface area (Å²) in [4.78, 5) is 0. The topological polar surface area (TPSA) is 52.7 Å². The summed E-state index contributed by atoms with van der Waals surface area (Å²) >= 11 is 0. The van der Waals surface area contributed by atoms with Gasteiger partial charge in [0.2, 0.25) is 0 Å². The van der Waals surface area contributed by atoms with E-state index in [0.29, 0.717) is 25.7 Å². The smallest absolute Gasteiger partial charge is 0.282 e. The van der Waals surface area contributed by atoms with Gasteiger partial charge in [0, 0.05) is 37.4 Å². The molecular formula is C18H29N3O2S. The maximum atomic E-state index is 12.9. The summed E-state index contributed by atoms with van der Waals surface area (Å²) in [5.41, 5.74) is 2.39. The Kier molecular flexibility index (Phi) is 5.47. The second-order valence-corrected chi connectivity index (χ2v) is 8.98.